The van der Waals surface area contributed by atoms with Gasteiger partial charge in [0.05, 0.1) is 0 Å². The maximum absolute atomic E-state index is 9.58. The molecule has 0 spiro atoms. The van der Waals surface area contributed by atoms with Gasteiger partial charge >= 0.3 is 0 Å². The summed E-state index contributed by atoms with van der Waals surface area (Å²) in [6.07, 6.45) is 1.63. The van der Waals surface area contributed by atoms with Crippen LogP contribution in [0.1, 0.15) is 25.0 Å². The van der Waals surface area contributed by atoms with Gasteiger partial charge in [-0.3, -0.25) is 0 Å². The molecule has 0 aromatic heterocycles. The van der Waals surface area contributed by atoms with E-state index in [9.17, 15) is 10.2 Å². The molecule has 0 aliphatic rings. The van der Waals surface area contributed by atoms with Crippen LogP contribution in [0.2, 0.25) is 0 Å². The van der Waals surface area contributed by atoms with E-state index in [1.165, 1.54) is 0 Å². The highest BCUT2D eigenvalue weighted by molar-refractivity contribution is 14.1. The summed E-state index contributed by atoms with van der Waals surface area (Å²) in [5.41, 5.74) is 2.00. The zero-order valence-corrected chi connectivity index (χ0v) is 9.92. The predicted octanol–water partition coefficient (Wildman–Crippen LogP) is 2.83. The Bertz CT molecular complexity index is 321. The Balaban J connectivity index is 3.41. The Labute approximate surface area is 91.7 Å². The summed E-state index contributed by atoms with van der Waals surface area (Å²) < 4.78 is 1.02. The fourth-order valence-corrected chi connectivity index (χ4v) is 2.48. The van der Waals surface area contributed by atoms with Gasteiger partial charge in [0.15, 0.2) is 11.5 Å². The highest BCUT2D eigenvalue weighted by Gasteiger charge is 2.12. The van der Waals surface area contributed by atoms with Gasteiger partial charge in [-0.2, -0.15) is 0 Å². The Hall–Kier alpha value is -0.450. The third-order valence-electron chi connectivity index (χ3n) is 2.15. The number of rotatable bonds is 2. The lowest BCUT2D eigenvalue weighted by atomic mass is 10.0. The highest BCUT2D eigenvalue weighted by atomic mass is 127. The Morgan fingerprint density at radius 2 is 1.69 bits per heavy atom. The molecule has 0 saturated heterocycles. The van der Waals surface area contributed by atoms with E-state index in [2.05, 4.69) is 22.6 Å². The van der Waals surface area contributed by atoms with Gasteiger partial charge in [0.1, 0.15) is 0 Å². The summed E-state index contributed by atoms with van der Waals surface area (Å²) in [4.78, 5) is 0. The average molecular weight is 292 g/mol. The molecule has 0 radical (unpaired) electrons. The van der Waals surface area contributed by atoms with Crippen molar-refractivity contribution < 1.29 is 10.2 Å². The van der Waals surface area contributed by atoms with Crippen molar-refractivity contribution in [3.63, 3.8) is 0 Å². The molecule has 2 N–H and O–H groups in total. The predicted molar refractivity (Wildman–Crippen MR) is 61.2 cm³/mol. The molecule has 0 aliphatic heterocycles. The van der Waals surface area contributed by atoms with Crippen molar-refractivity contribution in [2.24, 2.45) is 0 Å². The van der Waals surface area contributed by atoms with Crippen molar-refractivity contribution in [2.45, 2.75) is 26.7 Å². The minimum absolute atomic E-state index is 0.0153. The fraction of sp³-hybridized carbons (Fsp3) is 0.400. The van der Waals surface area contributed by atoms with Crippen LogP contribution < -0.4 is 0 Å². The van der Waals surface area contributed by atoms with E-state index >= 15 is 0 Å². The lowest BCUT2D eigenvalue weighted by molar-refractivity contribution is 0.398. The van der Waals surface area contributed by atoms with Crippen LogP contribution in [-0.4, -0.2) is 10.2 Å². The number of hydrogen-bond acceptors (Lipinski definition) is 2. The van der Waals surface area contributed by atoms with Gasteiger partial charge in [-0.25, -0.2) is 0 Å². The molecule has 0 amide bonds. The van der Waals surface area contributed by atoms with Crippen LogP contribution in [0.5, 0.6) is 11.5 Å². The smallest absolute Gasteiger partial charge is 0.161 e. The number of hydrogen-bond donors (Lipinski definition) is 2. The van der Waals surface area contributed by atoms with Crippen LogP contribution in [0, 0.1) is 3.57 Å². The van der Waals surface area contributed by atoms with Crippen LogP contribution in [0.3, 0.4) is 0 Å². The first kappa shape index (κ1) is 10.6. The van der Waals surface area contributed by atoms with E-state index in [0.29, 0.717) is 0 Å². The lowest BCUT2D eigenvalue weighted by Crippen LogP contribution is -1.95. The molecule has 1 aromatic rings. The average Bonchev–Trinajstić information content (AvgIpc) is 2.10. The standard InChI is InChI=1S/C10H13IO2/c1-3-6-7(4-2)10(13)9(12)5-8(6)11/h5,12-13H,3-4H2,1-2H3. The summed E-state index contributed by atoms with van der Waals surface area (Å²) >= 11 is 2.18. The topological polar surface area (TPSA) is 40.5 Å². The molecular formula is C10H13IO2. The molecule has 13 heavy (non-hydrogen) atoms. The highest BCUT2D eigenvalue weighted by Crippen LogP contribution is 2.35. The van der Waals surface area contributed by atoms with Crippen LogP contribution in [0.25, 0.3) is 0 Å². The summed E-state index contributed by atoms with van der Waals surface area (Å²) in [5, 5.41) is 19.0. The molecule has 1 aromatic carbocycles. The zero-order valence-electron chi connectivity index (χ0n) is 7.76. The quantitative estimate of drug-likeness (QED) is 0.650. The van der Waals surface area contributed by atoms with E-state index < -0.39 is 0 Å². The largest absolute Gasteiger partial charge is 0.504 e. The van der Waals surface area contributed by atoms with Gasteiger partial charge in [-0.15, -0.1) is 0 Å². The molecular weight excluding hydrogens is 279 g/mol. The second-order valence-corrected chi connectivity index (χ2v) is 4.05. The summed E-state index contributed by atoms with van der Waals surface area (Å²) in [6.45, 7) is 4.02. The zero-order chi connectivity index (χ0) is 10.0. The van der Waals surface area contributed by atoms with E-state index in [1.807, 2.05) is 13.8 Å². The van der Waals surface area contributed by atoms with Gasteiger partial charge in [0.2, 0.25) is 0 Å². The van der Waals surface area contributed by atoms with Crippen LogP contribution in [0.4, 0.5) is 0 Å². The van der Waals surface area contributed by atoms with Crippen molar-refractivity contribution in [3.05, 3.63) is 20.8 Å². The maximum atomic E-state index is 9.58. The van der Waals surface area contributed by atoms with Gasteiger partial charge in [0.25, 0.3) is 0 Å². The molecule has 0 saturated carbocycles. The van der Waals surface area contributed by atoms with Gasteiger partial charge in [-0.05, 0) is 47.1 Å². The molecule has 0 fully saturated rings. The van der Waals surface area contributed by atoms with Gasteiger partial charge in [-0.1, -0.05) is 13.8 Å². The van der Waals surface area contributed by atoms with Crippen LogP contribution in [0.15, 0.2) is 6.07 Å². The summed E-state index contributed by atoms with van der Waals surface area (Å²) in [5.74, 6) is 0.0261. The minimum atomic E-state index is -0.0153. The first-order valence-electron chi connectivity index (χ1n) is 4.33. The molecule has 0 aliphatic carbocycles. The second kappa shape index (κ2) is 4.17. The lowest BCUT2D eigenvalue weighted by Gasteiger charge is -2.11. The normalized spacial score (nSPS) is 10.4. The third kappa shape index (κ3) is 1.90. The number of halogens is 1. The number of benzene rings is 1. The minimum Gasteiger partial charge on any atom is -0.504 e. The van der Waals surface area contributed by atoms with Crippen LogP contribution in [-0.2, 0) is 12.8 Å². The summed E-state index contributed by atoms with van der Waals surface area (Å²) in [7, 11) is 0. The molecule has 0 atom stereocenters. The Kier molecular flexibility index (Phi) is 3.41. The maximum Gasteiger partial charge on any atom is 0.161 e. The molecule has 0 heterocycles. The first-order chi connectivity index (χ1) is 6.11. The van der Waals surface area contributed by atoms with Crippen molar-refractivity contribution in [2.75, 3.05) is 0 Å². The van der Waals surface area contributed by atoms with Crippen molar-refractivity contribution in [3.8, 4) is 11.5 Å². The molecule has 0 bridgehead atoms. The number of phenolic OH excluding ortho intramolecular Hbond substituents is 2. The van der Waals surface area contributed by atoms with Crippen molar-refractivity contribution in [1.82, 2.24) is 0 Å². The van der Waals surface area contributed by atoms with Crippen LogP contribution >= 0.6 is 22.6 Å². The van der Waals surface area contributed by atoms with E-state index in [4.69, 9.17) is 0 Å². The van der Waals surface area contributed by atoms with Crippen molar-refractivity contribution in [1.29, 1.82) is 0 Å². The third-order valence-corrected chi connectivity index (χ3v) is 3.11. The molecule has 0 unspecified atom stereocenters. The van der Waals surface area contributed by atoms with Crippen molar-refractivity contribution >= 4 is 22.6 Å². The Morgan fingerprint density at radius 3 is 2.15 bits per heavy atom. The first-order valence-corrected chi connectivity index (χ1v) is 5.41. The molecule has 3 heteroatoms. The Morgan fingerprint density at radius 1 is 1.15 bits per heavy atom. The number of aromatic hydroxyl groups is 2. The van der Waals surface area contributed by atoms with E-state index in [0.717, 1.165) is 27.5 Å². The van der Waals surface area contributed by atoms with Gasteiger partial charge < -0.3 is 10.2 Å². The number of phenols is 2. The monoisotopic (exact) mass is 292 g/mol. The van der Waals surface area contributed by atoms with E-state index in [-0.39, 0.29) is 11.5 Å². The van der Waals surface area contributed by atoms with E-state index in [1.54, 1.807) is 6.07 Å². The second-order valence-electron chi connectivity index (χ2n) is 2.89. The molecule has 2 nitrogen and oxygen atoms in total. The SMILES string of the molecule is CCc1c(I)cc(O)c(O)c1CC. The summed E-state index contributed by atoms with van der Waals surface area (Å²) in [6, 6.07) is 1.61. The molecule has 1 rings (SSSR count). The van der Waals surface area contributed by atoms with Gasteiger partial charge in [0, 0.05) is 9.13 Å². The fourth-order valence-electron chi connectivity index (χ4n) is 1.48. The molecule has 72 valence electrons.